The normalized spacial score (nSPS) is 21.6. The van der Waals surface area contributed by atoms with Crippen LogP contribution < -0.4 is 5.73 Å². The summed E-state index contributed by atoms with van der Waals surface area (Å²) >= 11 is 0. The maximum atomic E-state index is 8.81. The molecular formula is C9H22N2O. The number of likely N-dealkylation sites (N-methyl/N-ethyl adjacent to an activating group) is 1. The molecule has 0 aromatic heterocycles. The lowest BCUT2D eigenvalue weighted by atomic mass is 10.3. The van der Waals surface area contributed by atoms with Crippen molar-refractivity contribution in [1.82, 2.24) is 4.90 Å². The van der Waals surface area contributed by atoms with Crippen molar-refractivity contribution < 1.29 is 4.79 Å². The number of likely N-dealkylation sites (tertiary alicyclic amines) is 1. The summed E-state index contributed by atoms with van der Waals surface area (Å²) in [5, 5.41) is 0. The summed E-state index contributed by atoms with van der Waals surface area (Å²) in [4.78, 5) is 11.1. The highest BCUT2D eigenvalue weighted by atomic mass is 16.1. The first kappa shape index (κ1) is 14.1. The number of nitrogens with zero attached hydrogens (tertiary/aromatic N) is 1. The molecule has 1 rings (SSSR count). The van der Waals surface area contributed by atoms with Crippen molar-refractivity contribution in [3.05, 3.63) is 0 Å². The topological polar surface area (TPSA) is 46.3 Å². The van der Waals surface area contributed by atoms with Gasteiger partial charge >= 0.3 is 0 Å². The van der Waals surface area contributed by atoms with Gasteiger partial charge in [0.15, 0.2) is 0 Å². The zero-order chi connectivity index (χ0) is 9.98. The van der Waals surface area contributed by atoms with E-state index in [9.17, 15) is 0 Å². The van der Waals surface area contributed by atoms with Gasteiger partial charge in [0.05, 0.1) is 0 Å². The molecule has 1 unspecified atom stereocenters. The predicted molar refractivity (Wildman–Crippen MR) is 53.2 cm³/mol. The molecule has 0 aromatic rings. The SMILES string of the molecule is CC.CC=O.CN1CCC(N)C1. The Morgan fingerprint density at radius 2 is 1.92 bits per heavy atom. The summed E-state index contributed by atoms with van der Waals surface area (Å²) in [6.45, 7) is 7.71. The molecule has 1 atom stereocenters. The fourth-order valence-electron chi connectivity index (χ4n) is 0.969. The molecular weight excluding hydrogens is 152 g/mol. The van der Waals surface area contributed by atoms with Crippen LogP contribution in [0.3, 0.4) is 0 Å². The first-order valence-corrected chi connectivity index (χ1v) is 4.54. The Balaban J connectivity index is 0. The molecule has 1 aliphatic rings. The molecule has 2 N–H and O–H groups in total. The predicted octanol–water partition coefficient (Wildman–Crippen LogP) is 0.881. The van der Waals surface area contributed by atoms with Crippen molar-refractivity contribution in [3.63, 3.8) is 0 Å². The second-order valence-corrected chi connectivity index (χ2v) is 2.55. The van der Waals surface area contributed by atoms with Crippen molar-refractivity contribution in [2.75, 3.05) is 20.1 Å². The van der Waals surface area contributed by atoms with Crippen LogP contribution in [-0.4, -0.2) is 37.4 Å². The van der Waals surface area contributed by atoms with Crippen LogP contribution in [0, 0.1) is 0 Å². The highest BCUT2D eigenvalue weighted by Crippen LogP contribution is 2.01. The maximum absolute atomic E-state index is 8.81. The van der Waals surface area contributed by atoms with Crippen molar-refractivity contribution in [2.45, 2.75) is 33.2 Å². The molecule has 0 saturated carbocycles. The van der Waals surface area contributed by atoms with E-state index in [1.54, 1.807) is 0 Å². The zero-order valence-corrected chi connectivity index (χ0v) is 8.71. The summed E-state index contributed by atoms with van der Waals surface area (Å²) in [6.07, 6.45) is 1.93. The third-order valence-electron chi connectivity index (χ3n) is 1.43. The van der Waals surface area contributed by atoms with Crippen LogP contribution in [0.25, 0.3) is 0 Å². The Morgan fingerprint density at radius 3 is 2.00 bits per heavy atom. The van der Waals surface area contributed by atoms with E-state index in [2.05, 4.69) is 11.9 Å². The van der Waals surface area contributed by atoms with Crippen molar-refractivity contribution in [2.24, 2.45) is 5.73 Å². The summed E-state index contributed by atoms with van der Waals surface area (Å²) in [6, 6.07) is 0.449. The number of rotatable bonds is 0. The van der Waals surface area contributed by atoms with Crippen LogP contribution in [0.15, 0.2) is 0 Å². The number of nitrogens with two attached hydrogens (primary N) is 1. The van der Waals surface area contributed by atoms with Gasteiger partial charge in [0.1, 0.15) is 6.29 Å². The minimum atomic E-state index is 0.449. The van der Waals surface area contributed by atoms with Gasteiger partial charge in [-0.2, -0.15) is 0 Å². The molecule has 74 valence electrons. The molecule has 12 heavy (non-hydrogen) atoms. The molecule has 0 aliphatic carbocycles. The van der Waals surface area contributed by atoms with E-state index < -0.39 is 0 Å². The van der Waals surface area contributed by atoms with E-state index in [1.807, 2.05) is 13.8 Å². The highest BCUT2D eigenvalue weighted by Gasteiger charge is 2.13. The van der Waals surface area contributed by atoms with Crippen LogP contribution in [0.5, 0.6) is 0 Å². The lowest BCUT2D eigenvalue weighted by Crippen LogP contribution is -2.23. The Kier molecular flexibility index (Phi) is 12.5. The van der Waals surface area contributed by atoms with Gasteiger partial charge < -0.3 is 15.4 Å². The molecule has 0 bridgehead atoms. The maximum Gasteiger partial charge on any atom is 0.116 e. The summed E-state index contributed by atoms with van der Waals surface area (Å²) in [7, 11) is 2.10. The van der Waals surface area contributed by atoms with E-state index in [1.165, 1.54) is 19.9 Å². The van der Waals surface area contributed by atoms with E-state index in [-0.39, 0.29) is 0 Å². The Hall–Kier alpha value is -0.410. The van der Waals surface area contributed by atoms with Gasteiger partial charge in [-0.3, -0.25) is 0 Å². The van der Waals surface area contributed by atoms with Crippen LogP contribution in [-0.2, 0) is 4.79 Å². The third kappa shape index (κ3) is 9.59. The van der Waals surface area contributed by atoms with Crippen molar-refractivity contribution in [1.29, 1.82) is 0 Å². The van der Waals surface area contributed by atoms with Gasteiger partial charge in [0.25, 0.3) is 0 Å². The average Bonchev–Trinajstić information content (AvgIpc) is 2.40. The first-order chi connectivity index (χ1) is 5.70. The smallest absolute Gasteiger partial charge is 0.116 e. The average molecular weight is 174 g/mol. The molecule has 0 spiro atoms. The van der Waals surface area contributed by atoms with Gasteiger partial charge in [0, 0.05) is 12.6 Å². The van der Waals surface area contributed by atoms with Gasteiger partial charge in [-0.05, 0) is 26.9 Å². The summed E-state index contributed by atoms with van der Waals surface area (Å²) in [5.74, 6) is 0. The fraction of sp³-hybridized carbons (Fsp3) is 0.889. The second-order valence-electron chi connectivity index (χ2n) is 2.55. The lowest BCUT2D eigenvalue weighted by molar-refractivity contribution is -0.106. The number of hydrogen-bond acceptors (Lipinski definition) is 3. The van der Waals surface area contributed by atoms with Gasteiger partial charge in [0.2, 0.25) is 0 Å². The van der Waals surface area contributed by atoms with E-state index in [0.29, 0.717) is 6.04 Å². The fourth-order valence-corrected chi connectivity index (χ4v) is 0.969. The van der Waals surface area contributed by atoms with Crippen molar-refractivity contribution >= 4 is 6.29 Å². The highest BCUT2D eigenvalue weighted by molar-refractivity contribution is 5.44. The number of hydrogen-bond donors (Lipinski definition) is 1. The van der Waals surface area contributed by atoms with Gasteiger partial charge in [-0.15, -0.1) is 0 Å². The monoisotopic (exact) mass is 174 g/mol. The Labute approximate surface area is 75.9 Å². The standard InChI is InChI=1S/C5H12N2.C2H4O.C2H6/c1-7-3-2-5(6)4-7;1-2-3;1-2/h5H,2-4,6H2,1H3;2H,1H3;1-2H3. The summed E-state index contributed by atoms with van der Waals surface area (Å²) < 4.78 is 0. The summed E-state index contributed by atoms with van der Waals surface area (Å²) in [5.41, 5.74) is 5.58. The molecule has 0 aromatic carbocycles. The number of carbonyl (C=O) groups is 1. The number of carbonyl (C=O) groups excluding carboxylic acids is 1. The third-order valence-corrected chi connectivity index (χ3v) is 1.43. The molecule has 3 nitrogen and oxygen atoms in total. The molecule has 3 heteroatoms. The van der Waals surface area contributed by atoms with Crippen LogP contribution in [0.1, 0.15) is 27.2 Å². The Morgan fingerprint density at radius 1 is 1.50 bits per heavy atom. The molecule has 1 saturated heterocycles. The lowest BCUT2D eigenvalue weighted by Gasteiger charge is -2.03. The van der Waals surface area contributed by atoms with Gasteiger partial charge in [-0.1, -0.05) is 13.8 Å². The minimum Gasteiger partial charge on any atom is -0.326 e. The van der Waals surface area contributed by atoms with Crippen LogP contribution >= 0.6 is 0 Å². The zero-order valence-electron chi connectivity index (χ0n) is 8.71. The molecule has 1 aliphatic heterocycles. The number of aldehydes is 1. The largest absolute Gasteiger partial charge is 0.326 e. The van der Waals surface area contributed by atoms with E-state index in [4.69, 9.17) is 10.5 Å². The van der Waals surface area contributed by atoms with Crippen LogP contribution in [0.2, 0.25) is 0 Å². The first-order valence-electron chi connectivity index (χ1n) is 4.54. The Bertz CT molecular complexity index is 88.5. The molecule has 0 radical (unpaired) electrons. The second kappa shape index (κ2) is 10.6. The molecule has 1 fully saturated rings. The van der Waals surface area contributed by atoms with E-state index >= 15 is 0 Å². The molecule has 1 heterocycles. The quantitative estimate of drug-likeness (QED) is 0.555. The van der Waals surface area contributed by atoms with E-state index in [0.717, 1.165) is 12.8 Å². The molecule has 0 amide bonds. The van der Waals surface area contributed by atoms with Gasteiger partial charge in [-0.25, -0.2) is 0 Å². The minimum absolute atomic E-state index is 0.449. The van der Waals surface area contributed by atoms with Crippen molar-refractivity contribution in [3.8, 4) is 0 Å². The van der Waals surface area contributed by atoms with Crippen LogP contribution in [0.4, 0.5) is 0 Å².